The molecule has 19 heavy (non-hydrogen) atoms. The molecule has 5 nitrogen and oxygen atoms in total. The van der Waals surface area contributed by atoms with Gasteiger partial charge < -0.3 is 10.2 Å². The van der Waals surface area contributed by atoms with E-state index in [1.54, 1.807) is 0 Å². The van der Waals surface area contributed by atoms with Crippen LogP contribution >= 0.6 is 0 Å². The van der Waals surface area contributed by atoms with Crippen LogP contribution in [0.1, 0.15) is 25.3 Å². The van der Waals surface area contributed by atoms with Crippen LogP contribution in [0.2, 0.25) is 0 Å². The molecule has 1 aromatic heterocycles. The summed E-state index contributed by atoms with van der Waals surface area (Å²) in [6.07, 6.45) is 6.55. The van der Waals surface area contributed by atoms with Crippen molar-refractivity contribution in [2.45, 2.75) is 33.2 Å². The van der Waals surface area contributed by atoms with Crippen LogP contribution < -0.4 is 5.32 Å². The van der Waals surface area contributed by atoms with E-state index in [1.807, 2.05) is 17.9 Å². The van der Waals surface area contributed by atoms with Gasteiger partial charge in [-0.1, -0.05) is 6.92 Å². The molecule has 0 spiro atoms. The van der Waals surface area contributed by atoms with Crippen molar-refractivity contribution in [1.82, 2.24) is 20.0 Å². The highest BCUT2D eigenvalue weighted by molar-refractivity contribution is 5.79. The number of piperidine rings is 1. The minimum Gasteiger partial charge on any atom is -0.354 e. The van der Waals surface area contributed by atoms with E-state index in [-0.39, 0.29) is 0 Å². The molecule has 0 saturated carbocycles. The predicted octanol–water partition coefficient (Wildman–Crippen LogP) is 1.50. The first-order chi connectivity index (χ1) is 9.19. The summed E-state index contributed by atoms with van der Waals surface area (Å²) in [5, 5.41) is 7.72. The summed E-state index contributed by atoms with van der Waals surface area (Å²) in [4.78, 5) is 6.75. The van der Waals surface area contributed by atoms with Crippen LogP contribution in [-0.2, 0) is 6.54 Å². The Labute approximate surface area is 115 Å². The zero-order chi connectivity index (χ0) is 13.7. The Morgan fingerprint density at radius 3 is 3.05 bits per heavy atom. The Bertz CT molecular complexity index is 423. The van der Waals surface area contributed by atoms with Crippen molar-refractivity contribution in [3.8, 4) is 0 Å². The number of nitrogens with zero attached hydrogens (tertiary/aromatic N) is 4. The first kappa shape index (κ1) is 13.9. The number of hydrogen-bond donors (Lipinski definition) is 1. The number of rotatable bonds is 3. The zero-order valence-corrected chi connectivity index (χ0v) is 12.3. The van der Waals surface area contributed by atoms with Crippen molar-refractivity contribution >= 4 is 5.96 Å². The Morgan fingerprint density at radius 2 is 2.42 bits per heavy atom. The average molecular weight is 263 g/mol. The van der Waals surface area contributed by atoms with Gasteiger partial charge in [-0.05, 0) is 31.2 Å². The highest BCUT2D eigenvalue weighted by Gasteiger charge is 2.18. The molecule has 0 aromatic carbocycles. The SMILES string of the molecule is CN=C(NCCn1cc(C)cn1)N1CCCC(C)C1. The molecular formula is C14H25N5. The summed E-state index contributed by atoms with van der Waals surface area (Å²) in [6, 6.07) is 0. The van der Waals surface area contributed by atoms with Gasteiger partial charge in [0.15, 0.2) is 5.96 Å². The Kier molecular flexibility index (Phi) is 4.82. The first-order valence-corrected chi connectivity index (χ1v) is 7.13. The fourth-order valence-electron chi connectivity index (χ4n) is 2.59. The zero-order valence-electron chi connectivity index (χ0n) is 12.3. The minimum atomic E-state index is 0.765. The van der Waals surface area contributed by atoms with Crippen LogP contribution in [0.25, 0.3) is 0 Å². The van der Waals surface area contributed by atoms with Crippen LogP contribution in [-0.4, -0.2) is 47.3 Å². The molecule has 5 heteroatoms. The quantitative estimate of drug-likeness (QED) is 0.664. The lowest BCUT2D eigenvalue weighted by atomic mass is 10.0. The van der Waals surface area contributed by atoms with E-state index < -0.39 is 0 Å². The molecule has 1 saturated heterocycles. The minimum absolute atomic E-state index is 0.765. The third-order valence-corrected chi connectivity index (χ3v) is 3.55. The van der Waals surface area contributed by atoms with E-state index in [0.29, 0.717) is 0 Å². The highest BCUT2D eigenvalue weighted by atomic mass is 15.3. The van der Waals surface area contributed by atoms with Crippen LogP contribution in [0.4, 0.5) is 0 Å². The number of hydrogen-bond acceptors (Lipinski definition) is 2. The van der Waals surface area contributed by atoms with Gasteiger partial charge in [0.25, 0.3) is 0 Å². The number of aromatic nitrogens is 2. The van der Waals surface area contributed by atoms with Crippen molar-refractivity contribution in [3.63, 3.8) is 0 Å². The lowest BCUT2D eigenvalue weighted by Gasteiger charge is -2.33. The van der Waals surface area contributed by atoms with E-state index in [4.69, 9.17) is 0 Å². The average Bonchev–Trinajstić information content (AvgIpc) is 2.80. The van der Waals surface area contributed by atoms with Crippen LogP contribution in [0.3, 0.4) is 0 Å². The summed E-state index contributed by atoms with van der Waals surface area (Å²) in [5.74, 6) is 1.79. The van der Waals surface area contributed by atoms with Crippen LogP contribution in [0.15, 0.2) is 17.4 Å². The van der Waals surface area contributed by atoms with Gasteiger partial charge in [-0.3, -0.25) is 9.67 Å². The molecule has 1 aliphatic heterocycles. The number of aliphatic imine (C=N–C) groups is 1. The number of likely N-dealkylation sites (tertiary alicyclic amines) is 1. The van der Waals surface area contributed by atoms with Gasteiger partial charge in [-0.15, -0.1) is 0 Å². The summed E-state index contributed by atoms with van der Waals surface area (Å²) in [6.45, 7) is 8.33. The maximum Gasteiger partial charge on any atom is 0.193 e. The lowest BCUT2D eigenvalue weighted by molar-refractivity contribution is 0.265. The van der Waals surface area contributed by atoms with Gasteiger partial charge in [0, 0.05) is 32.9 Å². The molecular weight excluding hydrogens is 238 g/mol. The highest BCUT2D eigenvalue weighted by Crippen LogP contribution is 2.15. The van der Waals surface area contributed by atoms with E-state index in [9.17, 15) is 0 Å². The monoisotopic (exact) mass is 263 g/mol. The fourth-order valence-corrected chi connectivity index (χ4v) is 2.59. The van der Waals surface area contributed by atoms with Gasteiger partial charge >= 0.3 is 0 Å². The van der Waals surface area contributed by atoms with Crippen LogP contribution in [0, 0.1) is 12.8 Å². The molecule has 1 fully saturated rings. The topological polar surface area (TPSA) is 45.5 Å². The van der Waals surface area contributed by atoms with Gasteiger partial charge in [-0.25, -0.2) is 0 Å². The fraction of sp³-hybridized carbons (Fsp3) is 0.714. The summed E-state index contributed by atoms with van der Waals surface area (Å²) in [5.41, 5.74) is 1.20. The van der Waals surface area contributed by atoms with Crippen molar-refractivity contribution in [3.05, 3.63) is 18.0 Å². The van der Waals surface area contributed by atoms with E-state index in [0.717, 1.165) is 38.1 Å². The largest absolute Gasteiger partial charge is 0.354 e. The molecule has 1 unspecified atom stereocenters. The van der Waals surface area contributed by atoms with Gasteiger partial charge in [-0.2, -0.15) is 5.10 Å². The maximum atomic E-state index is 4.38. The molecule has 0 bridgehead atoms. The molecule has 1 atom stereocenters. The standard InChI is InChI=1S/C14H25N5/c1-12-5-4-7-18(10-12)14(15-3)16-6-8-19-11-13(2)9-17-19/h9,11-12H,4-8,10H2,1-3H3,(H,15,16). The van der Waals surface area contributed by atoms with E-state index in [1.165, 1.54) is 18.4 Å². The Morgan fingerprint density at radius 1 is 1.58 bits per heavy atom. The maximum absolute atomic E-state index is 4.38. The molecule has 1 N–H and O–H groups in total. The normalized spacial score (nSPS) is 20.7. The second kappa shape index (κ2) is 6.59. The summed E-state index contributed by atoms with van der Waals surface area (Å²) in [7, 11) is 1.86. The van der Waals surface area contributed by atoms with E-state index in [2.05, 4.69) is 40.4 Å². The second-order valence-corrected chi connectivity index (χ2v) is 5.45. The predicted molar refractivity (Wildman–Crippen MR) is 78.3 cm³/mol. The molecule has 106 valence electrons. The van der Waals surface area contributed by atoms with Crippen molar-refractivity contribution in [1.29, 1.82) is 0 Å². The van der Waals surface area contributed by atoms with Gasteiger partial charge in [0.05, 0.1) is 12.7 Å². The summed E-state index contributed by atoms with van der Waals surface area (Å²) < 4.78 is 1.97. The Hall–Kier alpha value is -1.52. The smallest absolute Gasteiger partial charge is 0.193 e. The van der Waals surface area contributed by atoms with Crippen LogP contribution in [0.5, 0.6) is 0 Å². The van der Waals surface area contributed by atoms with Crippen molar-refractivity contribution in [2.75, 3.05) is 26.7 Å². The van der Waals surface area contributed by atoms with Crippen molar-refractivity contribution in [2.24, 2.45) is 10.9 Å². The molecule has 2 rings (SSSR count). The van der Waals surface area contributed by atoms with Crippen molar-refractivity contribution < 1.29 is 0 Å². The number of guanidine groups is 1. The van der Waals surface area contributed by atoms with Gasteiger partial charge in [0.1, 0.15) is 0 Å². The second-order valence-electron chi connectivity index (χ2n) is 5.45. The van der Waals surface area contributed by atoms with Gasteiger partial charge in [0.2, 0.25) is 0 Å². The number of aryl methyl sites for hydroxylation is 1. The molecule has 0 radical (unpaired) electrons. The van der Waals surface area contributed by atoms with E-state index >= 15 is 0 Å². The summed E-state index contributed by atoms with van der Waals surface area (Å²) >= 11 is 0. The first-order valence-electron chi connectivity index (χ1n) is 7.13. The molecule has 1 aromatic rings. The third kappa shape index (κ3) is 3.98. The number of nitrogens with one attached hydrogen (secondary N) is 1. The molecule has 0 aliphatic carbocycles. The molecule has 0 amide bonds. The third-order valence-electron chi connectivity index (χ3n) is 3.55. The lowest BCUT2D eigenvalue weighted by Crippen LogP contribution is -2.46. The molecule has 1 aliphatic rings. The molecule has 2 heterocycles. The Balaban J connectivity index is 1.79.